The molecule has 0 aromatic heterocycles. The highest BCUT2D eigenvalue weighted by Crippen LogP contribution is 2.47. The van der Waals surface area contributed by atoms with E-state index < -0.39 is 0 Å². The molecule has 0 amide bonds. The Labute approximate surface area is 120 Å². The third-order valence-electron chi connectivity index (χ3n) is 5.50. The Morgan fingerprint density at radius 3 is 2.21 bits per heavy atom. The molecule has 19 heavy (non-hydrogen) atoms. The van der Waals surface area contributed by atoms with Gasteiger partial charge in [0.25, 0.3) is 0 Å². The number of piperidine rings is 1. The van der Waals surface area contributed by atoms with Gasteiger partial charge in [0, 0.05) is 12.6 Å². The summed E-state index contributed by atoms with van der Waals surface area (Å²) >= 11 is 0. The predicted molar refractivity (Wildman–Crippen MR) is 83.1 cm³/mol. The normalized spacial score (nSPS) is 36.3. The van der Waals surface area contributed by atoms with E-state index in [0.29, 0.717) is 16.7 Å². The van der Waals surface area contributed by atoms with Crippen molar-refractivity contribution in [3.05, 3.63) is 0 Å². The average molecular weight is 266 g/mol. The van der Waals surface area contributed by atoms with Crippen molar-refractivity contribution >= 4 is 0 Å². The molecular formula is C17H34N2. The minimum absolute atomic E-state index is 0.494. The topological polar surface area (TPSA) is 29.3 Å². The van der Waals surface area contributed by atoms with Crippen molar-refractivity contribution in [3.8, 4) is 0 Å². The summed E-state index contributed by atoms with van der Waals surface area (Å²) in [5, 5.41) is 0. The first-order valence-corrected chi connectivity index (χ1v) is 8.17. The van der Waals surface area contributed by atoms with E-state index in [1.165, 1.54) is 38.8 Å². The van der Waals surface area contributed by atoms with Crippen molar-refractivity contribution in [2.75, 3.05) is 19.6 Å². The fraction of sp³-hybridized carbons (Fsp3) is 1.00. The van der Waals surface area contributed by atoms with E-state index in [2.05, 4.69) is 39.5 Å². The summed E-state index contributed by atoms with van der Waals surface area (Å²) < 4.78 is 0. The van der Waals surface area contributed by atoms with Gasteiger partial charge in [-0.3, -0.25) is 0 Å². The van der Waals surface area contributed by atoms with E-state index in [9.17, 15) is 0 Å². The Bertz CT molecular complexity index is 292. The number of likely N-dealkylation sites (tertiary alicyclic amines) is 1. The molecule has 2 nitrogen and oxygen atoms in total. The zero-order valence-electron chi connectivity index (χ0n) is 13.7. The molecule has 1 aliphatic carbocycles. The molecule has 1 saturated carbocycles. The van der Waals surface area contributed by atoms with E-state index in [-0.39, 0.29) is 0 Å². The highest BCUT2D eigenvalue weighted by atomic mass is 15.2. The standard InChI is InChI=1S/C17H34N2/c1-13-6-7-19(11-14(13)10-18)15-8-16(2,3)12-17(4,5)9-15/h13-15H,6-12,18H2,1-5H3. The summed E-state index contributed by atoms with van der Waals surface area (Å²) in [5.41, 5.74) is 6.95. The molecule has 0 spiro atoms. The summed E-state index contributed by atoms with van der Waals surface area (Å²) in [4.78, 5) is 2.76. The van der Waals surface area contributed by atoms with Gasteiger partial charge in [0.1, 0.15) is 0 Å². The van der Waals surface area contributed by atoms with Gasteiger partial charge in [0.2, 0.25) is 0 Å². The zero-order valence-corrected chi connectivity index (χ0v) is 13.7. The number of nitrogens with two attached hydrogens (primary N) is 1. The lowest BCUT2D eigenvalue weighted by Crippen LogP contribution is -2.52. The third-order valence-corrected chi connectivity index (χ3v) is 5.50. The van der Waals surface area contributed by atoms with Gasteiger partial charge in [0.15, 0.2) is 0 Å². The van der Waals surface area contributed by atoms with Crippen molar-refractivity contribution in [3.63, 3.8) is 0 Å². The summed E-state index contributed by atoms with van der Waals surface area (Å²) in [6.07, 6.45) is 5.42. The number of nitrogens with zero attached hydrogens (tertiary/aromatic N) is 1. The monoisotopic (exact) mass is 266 g/mol. The van der Waals surface area contributed by atoms with Crippen LogP contribution in [0, 0.1) is 22.7 Å². The first-order valence-electron chi connectivity index (χ1n) is 8.17. The number of hydrogen-bond donors (Lipinski definition) is 1. The third kappa shape index (κ3) is 3.72. The molecule has 2 aliphatic rings. The average Bonchev–Trinajstić information content (AvgIpc) is 2.25. The fourth-order valence-electron chi connectivity index (χ4n) is 4.86. The molecule has 2 fully saturated rings. The van der Waals surface area contributed by atoms with E-state index in [1.807, 2.05) is 0 Å². The highest BCUT2D eigenvalue weighted by molar-refractivity contribution is 4.95. The summed E-state index contributed by atoms with van der Waals surface area (Å²) in [6.45, 7) is 15.6. The first kappa shape index (κ1) is 15.3. The van der Waals surface area contributed by atoms with Crippen molar-refractivity contribution in [2.45, 2.75) is 66.3 Å². The molecule has 2 atom stereocenters. The van der Waals surface area contributed by atoms with Crippen LogP contribution in [0.3, 0.4) is 0 Å². The number of rotatable bonds is 2. The molecule has 2 rings (SSSR count). The maximum atomic E-state index is 5.97. The van der Waals surface area contributed by atoms with Crippen molar-refractivity contribution in [2.24, 2.45) is 28.4 Å². The second-order valence-corrected chi connectivity index (χ2v) is 8.82. The summed E-state index contributed by atoms with van der Waals surface area (Å²) in [5.74, 6) is 1.52. The maximum Gasteiger partial charge on any atom is 0.0106 e. The van der Waals surface area contributed by atoms with E-state index in [1.54, 1.807) is 0 Å². The van der Waals surface area contributed by atoms with Crippen LogP contribution in [0.5, 0.6) is 0 Å². The maximum absolute atomic E-state index is 5.97. The molecule has 0 bridgehead atoms. The van der Waals surface area contributed by atoms with Gasteiger partial charge in [-0.2, -0.15) is 0 Å². The van der Waals surface area contributed by atoms with Crippen LogP contribution in [0.1, 0.15) is 60.3 Å². The van der Waals surface area contributed by atoms with E-state index in [4.69, 9.17) is 5.73 Å². The minimum atomic E-state index is 0.494. The molecule has 2 unspecified atom stereocenters. The molecule has 1 saturated heterocycles. The van der Waals surface area contributed by atoms with Crippen LogP contribution in [-0.2, 0) is 0 Å². The van der Waals surface area contributed by atoms with Gasteiger partial charge in [-0.25, -0.2) is 0 Å². The Kier molecular flexibility index (Phi) is 4.32. The second kappa shape index (κ2) is 5.37. The lowest BCUT2D eigenvalue weighted by Gasteiger charge is -2.51. The fourth-order valence-corrected chi connectivity index (χ4v) is 4.86. The van der Waals surface area contributed by atoms with Crippen LogP contribution < -0.4 is 5.73 Å². The smallest absolute Gasteiger partial charge is 0.0106 e. The van der Waals surface area contributed by atoms with Gasteiger partial charge >= 0.3 is 0 Å². The van der Waals surface area contributed by atoms with Crippen LogP contribution in [0.15, 0.2) is 0 Å². The van der Waals surface area contributed by atoms with Crippen molar-refractivity contribution < 1.29 is 0 Å². The second-order valence-electron chi connectivity index (χ2n) is 8.82. The van der Waals surface area contributed by atoms with E-state index >= 15 is 0 Å². The highest BCUT2D eigenvalue weighted by Gasteiger charge is 2.41. The van der Waals surface area contributed by atoms with Crippen molar-refractivity contribution in [1.82, 2.24) is 4.90 Å². The molecule has 0 radical (unpaired) electrons. The Morgan fingerprint density at radius 1 is 1.11 bits per heavy atom. The van der Waals surface area contributed by atoms with Gasteiger partial charge in [-0.05, 0) is 61.4 Å². The molecule has 1 aliphatic heterocycles. The molecular weight excluding hydrogens is 232 g/mol. The molecule has 0 aromatic carbocycles. The zero-order chi connectivity index (χ0) is 14.3. The Balaban J connectivity index is 2.05. The molecule has 2 N–H and O–H groups in total. The van der Waals surface area contributed by atoms with Crippen LogP contribution in [0.4, 0.5) is 0 Å². The van der Waals surface area contributed by atoms with Gasteiger partial charge < -0.3 is 10.6 Å². The van der Waals surface area contributed by atoms with Crippen LogP contribution in [0.2, 0.25) is 0 Å². The first-order chi connectivity index (χ1) is 8.72. The van der Waals surface area contributed by atoms with Gasteiger partial charge in [-0.1, -0.05) is 34.6 Å². The lowest BCUT2D eigenvalue weighted by atomic mass is 9.63. The Hall–Kier alpha value is -0.0800. The number of hydrogen-bond acceptors (Lipinski definition) is 2. The van der Waals surface area contributed by atoms with Gasteiger partial charge in [-0.15, -0.1) is 0 Å². The quantitative estimate of drug-likeness (QED) is 0.829. The Morgan fingerprint density at radius 2 is 1.68 bits per heavy atom. The summed E-state index contributed by atoms with van der Waals surface area (Å²) in [7, 11) is 0. The van der Waals surface area contributed by atoms with Crippen LogP contribution in [-0.4, -0.2) is 30.6 Å². The molecule has 0 aromatic rings. The molecule has 112 valence electrons. The largest absolute Gasteiger partial charge is 0.330 e. The molecule has 1 heterocycles. The lowest BCUT2D eigenvalue weighted by molar-refractivity contribution is -0.00284. The van der Waals surface area contributed by atoms with Crippen LogP contribution >= 0.6 is 0 Å². The summed E-state index contributed by atoms with van der Waals surface area (Å²) in [6, 6.07) is 0.778. The van der Waals surface area contributed by atoms with E-state index in [0.717, 1.165) is 18.5 Å². The minimum Gasteiger partial charge on any atom is -0.330 e. The predicted octanol–water partition coefficient (Wildman–Crippen LogP) is 3.51. The molecule has 2 heteroatoms. The van der Waals surface area contributed by atoms with Crippen molar-refractivity contribution in [1.29, 1.82) is 0 Å². The van der Waals surface area contributed by atoms with Gasteiger partial charge in [0.05, 0.1) is 0 Å². The SMILES string of the molecule is CC1CCN(C2CC(C)(C)CC(C)(C)C2)CC1CN. The van der Waals surface area contributed by atoms with Crippen LogP contribution in [0.25, 0.3) is 0 Å².